The number of benzene rings is 2. The van der Waals surface area contributed by atoms with Crippen LogP contribution in [-0.2, 0) is 11.3 Å². The van der Waals surface area contributed by atoms with Crippen molar-refractivity contribution < 1.29 is 13.9 Å². The summed E-state index contributed by atoms with van der Waals surface area (Å²) < 4.78 is 19.2. The lowest BCUT2D eigenvalue weighted by molar-refractivity contribution is -0.121. The van der Waals surface area contributed by atoms with E-state index in [1.54, 1.807) is 12.1 Å². The van der Waals surface area contributed by atoms with Crippen LogP contribution >= 0.6 is 15.9 Å². The number of nitrogens with one attached hydrogen (secondary N) is 1. The normalized spacial score (nSPS) is 10.2. The van der Waals surface area contributed by atoms with Crippen molar-refractivity contribution in [3.63, 3.8) is 0 Å². The molecule has 0 atom stereocenters. The third-order valence-electron chi connectivity index (χ3n) is 2.80. The number of carbonyl (C=O) groups excluding carboxylic acids is 1. The first-order valence-corrected chi connectivity index (χ1v) is 7.32. The molecule has 0 heterocycles. The highest BCUT2D eigenvalue weighted by molar-refractivity contribution is 9.10. The fourth-order valence-corrected chi connectivity index (χ4v) is 2.09. The smallest absolute Gasteiger partial charge is 0.223 e. The third-order valence-corrected chi connectivity index (χ3v) is 3.29. The predicted octanol–water partition coefficient (Wildman–Crippen LogP) is 3.67. The van der Waals surface area contributed by atoms with E-state index in [9.17, 15) is 9.18 Å². The highest BCUT2D eigenvalue weighted by atomic mass is 79.9. The molecule has 0 unspecified atom stereocenters. The predicted molar refractivity (Wildman–Crippen MR) is 82.5 cm³/mol. The van der Waals surface area contributed by atoms with E-state index in [1.807, 2.05) is 24.3 Å². The van der Waals surface area contributed by atoms with E-state index in [2.05, 4.69) is 21.2 Å². The zero-order valence-corrected chi connectivity index (χ0v) is 12.9. The molecule has 3 nitrogen and oxygen atoms in total. The maximum absolute atomic E-state index is 12.7. The van der Waals surface area contributed by atoms with Gasteiger partial charge in [-0.05, 0) is 35.9 Å². The Morgan fingerprint density at radius 3 is 2.67 bits per heavy atom. The van der Waals surface area contributed by atoms with E-state index in [0.29, 0.717) is 13.2 Å². The molecule has 0 aliphatic rings. The second kappa shape index (κ2) is 7.78. The van der Waals surface area contributed by atoms with Crippen molar-refractivity contribution in [3.05, 3.63) is 64.4 Å². The van der Waals surface area contributed by atoms with E-state index >= 15 is 0 Å². The molecule has 110 valence electrons. The van der Waals surface area contributed by atoms with Gasteiger partial charge in [-0.1, -0.05) is 34.1 Å². The summed E-state index contributed by atoms with van der Waals surface area (Å²) in [5.74, 6) is 0.331. The van der Waals surface area contributed by atoms with Gasteiger partial charge in [-0.25, -0.2) is 4.39 Å². The molecule has 1 N–H and O–H groups in total. The minimum atomic E-state index is -0.285. The van der Waals surface area contributed by atoms with Crippen LogP contribution in [0.1, 0.15) is 12.0 Å². The SMILES string of the molecule is O=C(CCOc1cccc(Br)c1)NCc1ccc(F)cc1. The minimum absolute atomic E-state index is 0.102. The Kier molecular flexibility index (Phi) is 5.75. The molecular formula is C16H15BrFNO2. The molecule has 0 fully saturated rings. The molecule has 0 saturated carbocycles. The Morgan fingerprint density at radius 1 is 1.19 bits per heavy atom. The molecule has 2 aromatic carbocycles. The van der Waals surface area contributed by atoms with E-state index < -0.39 is 0 Å². The molecule has 0 aliphatic carbocycles. The number of ether oxygens (including phenoxy) is 1. The molecular weight excluding hydrogens is 337 g/mol. The van der Waals surface area contributed by atoms with Gasteiger partial charge in [0, 0.05) is 11.0 Å². The third kappa shape index (κ3) is 5.55. The highest BCUT2D eigenvalue weighted by Crippen LogP contribution is 2.17. The molecule has 1 amide bonds. The first kappa shape index (κ1) is 15.5. The second-order valence-electron chi connectivity index (χ2n) is 4.46. The topological polar surface area (TPSA) is 38.3 Å². The van der Waals surface area contributed by atoms with Gasteiger partial charge in [0.1, 0.15) is 11.6 Å². The van der Waals surface area contributed by atoms with Crippen molar-refractivity contribution in [2.24, 2.45) is 0 Å². The van der Waals surface area contributed by atoms with Crippen molar-refractivity contribution in [3.8, 4) is 5.75 Å². The number of hydrogen-bond donors (Lipinski definition) is 1. The Labute approximate surface area is 131 Å². The maximum Gasteiger partial charge on any atom is 0.223 e. The molecule has 5 heteroatoms. The zero-order valence-electron chi connectivity index (χ0n) is 11.3. The lowest BCUT2D eigenvalue weighted by Gasteiger charge is -2.07. The minimum Gasteiger partial charge on any atom is -0.493 e. The number of carbonyl (C=O) groups is 1. The van der Waals surface area contributed by atoms with Crippen molar-refractivity contribution in [1.82, 2.24) is 5.32 Å². The zero-order chi connectivity index (χ0) is 15.1. The van der Waals surface area contributed by atoms with Crippen molar-refractivity contribution in [2.75, 3.05) is 6.61 Å². The van der Waals surface area contributed by atoms with Gasteiger partial charge >= 0.3 is 0 Å². The van der Waals surface area contributed by atoms with Gasteiger partial charge in [-0.2, -0.15) is 0 Å². The van der Waals surface area contributed by atoms with Gasteiger partial charge in [0.2, 0.25) is 5.91 Å². The Bertz CT molecular complexity index is 601. The molecule has 21 heavy (non-hydrogen) atoms. The van der Waals surface area contributed by atoms with E-state index in [0.717, 1.165) is 15.8 Å². The largest absolute Gasteiger partial charge is 0.493 e. The van der Waals surface area contributed by atoms with Gasteiger partial charge in [0.05, 0.1) is 13.0 Å². The summed E-state index contributed by atoms with van der Waals surface area (Å²) in [6.45, 7) is 0.696. The Balaban J connectivity index is 1.69. The van der Waals surface area contributed by atoms with Gasteiger partial charge in [0.25, 0.3) is 0 Å². The van der Waals surface area contributed by atoms with E-state index in [-0.39, 0.29) is 18.1 Å². The Morgan fingerprint density at radius 2 is 1.95 bits per heavy atom. The van der Waals surface area contributed by atoms with Crippen LogP contribution in [0, 0.1) is 5.82 Å². The van der Waals surface area contributed by atoms with Gasteiger partial charge in [-0.3, -0.25) is 4.79 Å². The summed E-state index contributed by atoms with van der Waals surface area (Å²) in [7, 11) is 0. The molecule has 2 aromatic rings. The van der Waals surface area contributed by atoms with Crippen molar-refractivity contribution in [2.45, 2.75) is 13.0 Å². The van der Waals surface area contributed by atoms with E-state index in [1.165, 1.54) is 12.1 Å². The number of rotatable bonds is 6. The fourth-order valence-electron chi connectivity index (χ4n) is 1.71. The summed E-state index contributed by atoms with van der Waals surface area (Å²) in [6, 6.07) is 13.5. The van der Waals surface area contributed by atoms with Crippen LogP contribution in [0.3, 0.4) is 0 Å². The molecule has 0 aromatic heterocycles. The molecule has 0 saturated heterocycles. The summed E-state index contributed by atoms with van der Waals surface area (Å²) >= 11 is 3.35. The lowest BCUT2D eigenvalue weighted by Crippen LogP contribution is -2.24. The van der Waals surface area contributed by atoms with Crippen LogP contribution in [0.5, 0.6) is 5.75 Å². The average Bonchev–Trinajstić information content (AvgIpc) is 2.47. The van der Waals surface area contributed by atoms with Crippen LogP contribution in [0.15, 0.2) is 53.0 Å². The summed E-state index contributed by atoms with van der Waals surface area (Å²) in [6.07, 6.45) is 0.272. The van der Waals surface area contributed by atoms with Crippen LogP contribution < -0.4 is 10.1 Å². The maximum atomic E-state index is 12.7. The molecule has 0 aliphatic heterocycles. The summed E-state index contributed by atoms with van der Waals surface area (Å²) in [4.78, 5) is 11.7. The highest BCUT2D eigenvalue weighted by Gasteiger charge is 2.03. The van der Waals surface area contributed by atoms with Crippen molar-refractivity contribution in [1.29, 1.82) is 0 Å². The average molecular weight is 352 g/mol. The van der Waals surface area contributed by atoms with Crippen molar-refractivity contribution >= 4 is 21.8 Å². The summed E-state index contributed by atoms with van der Waals surface area (Å²) in [5, 5.41) is 2.77. The standard InChI is InChI=1S/C16H15BrFNO2/c17-13-2-1-3-15(10-13)21-9-8-16(20)19-11-12-4-6-14(18)7-5-12/h1-7,10H,8-9,11H2,(H,19,20). The molecule has 0 spiro atoms. The second-order valence-corrected chi connectivity index (χ2v) is 5.37. The van der Waals surface area contributed by atoms with Crippen LogP contribution in [0.25, 0.3) is 0 Å². The van der Waals surface area contributed by atoms with Gasteiger partial charge in [-0.15, -0.1) is 0 Å². The molecule has 2 rings (SSSR count). The number of hydrogen-bond acceptors (Lipinski definition) is 2. The van der Waals surface area contributed by atoms with Crippen LogP contribution in [0.4, 0.5) is 4.39 Å². The first-order valence-electron chi connectivity index (χ1n) is 6.53. The van der Waals surface area contributed by atoms with Gasteiger partial charge in [0.15, 0.2) is 0 Å². The van der Waals surface area contributed by atoms with Crippen LogP contribution in [0.2, 0.25) is 0 Å². The quantitative estimate of drug-likeness (QED) is 0.862. The summed E-state index contributed by atoms with van der Waals surface area (Å²) in [5.41, 5.74) is 0.859. The fraction of sp³-hybridized carbons (Fsp3) is 0.188. The number of halogens is 2. The van der Waals surface area contributed by atoms with Crippen LogP contribution in [-0.4, -0.2) is 12.5 Å². The first-order chi connectivity index (χ1) is 10.1. The number of amides is 1. The monoisotopic (exact) mass is 351 g/mol. The molecule has 0 bridgehead atoms. The molecule has 0 radical (unpaired) electrons. The Hall–Kier alpha value is -1.88. The van der Waals surface area contributed by atoms with E-state index in [4.69, 9.17) is 4.74 Å². The lowest BCUT2D eigenvalue weighted by atomic mass is 10.2. The van der Waals surface area contributed by atoms with Gasteiger partial charge < -0.3 is 10.1 Å².